The lowest BCUT2D eigenvalue weighted by Gasteiger charge is -2.13. The molecule has 0 aliphatic rings. The molecule has 0 aromatic heterocycles. The summed E-state index contributed by atoms with van der Waals surface area (Å²) in [6.07, 6.45) is 0.832. The zero-order valence-electron chi connectivity index (χ0n) is 8.76. The summed E-state index contributed by atoms with van der Waals surface area (Å²) < 4.78 is 5.23. The third-order valence-electron chi connectivity index (χ3n) is 2.03. The Bertz CT molecular complexity index is 334. The molecule has 76 valence electrons. The third kappa shape index (κ3) is 2.25. The molecule has 1 N–H and O–H groups in total. The van der Waals surface area contributed by atoms with Crippen LogP contribution in [0.4, 0.5) is 5.69 Å². The van der Waals surface area contributed by atoms with Crippen LogP contribution in [0.25, 0.3) is 0 Å². The number of nitrogens with one attached hydrogen (secondary N) is 1. The molecule has 0 aliphatic heterocycles. The number of carbonyl (C=O) groups is 1. The third-order valence-corrected chi connectivity index (χ3v) is 2.03. The Morgan fingerprint density at radius 1 is 1.43 bits per heavy atom. The maximum absolute atomic E-state index is 10.3. The zero-order chi connectivity index (χ0) is 10.6. The summed E-state index contributed by atoms with van der Waals surface area (Å²) in [5, 5.41) is 3.02. The number of aldehydes is 1. The fourth-order valence-corrected chi connectivity index (χ4v) is 1.46. The van der Waals surface area contributed by atoms with E-state index in [0.717, 1.165) is 28.8 Å². The first-order valence-corrected chi connectivity index (χ1v) is 4.51. The van der Waals surface area contributed by atoms with E-state index in [2.05, 4.69) is 11.4 Å². The molecule has 0 heterocycles. The Balaban J connectivity index is 3.04. The predicted octanol–water partition coefficient (Wildman–Crippen LogP) is 1.92. The minimum absolute atomic E-state index is 0.306. The van der Waals surface area contributed by atoms with E-state index in [1.165, 1.54) is 0 Å². The summed E-state index contributed by atoms with van der Waals surface area (Å²) >= 11 is 0. The Morgan fingerprint density at radius 3 is 2.71 bits per heavy atom. The fraction of sp³-hybridized carbons (Fsp3) is 0.364. The van der Waals surface area contributed by atoms with Crippen LogP contribution in [-0.4, -0.2) is 19.9 Å². The standard InChI is InChI=1S/C11H15NO2/c1-8-6-9(2)11(12-4-5-13)10(7-8)14-3/h5-7,12H,4H2,1-3H3. The molecule has 0 saturated heterocycles. The normalized spacial score (nSPS) is 9.64. The molecule has 0 aliphatic carbocycles. The predicted molar refractivity (Wildman–Crippen MR) is 57.0 cm³/mol. The molecule has 3 nitrogen and oxygen atoms in total. The van der Waals surface area contributed by atoms with Gasteiger partial charge in [-0.25, -0.2) is 0 Å². The van der Waals surface area contributed by atoms with Gasteiger partial charge >= 0.3 is 0 Å². The molecule has 0 amide bonds. The van der Waals surface area contributed by atoms with E-state index < -0.39 is 0 Å². The van der Waals surface area contributed by atoms with E-state index in [1.807, 2.05) is 19.9 Å². The molecule has 1 rings (SSSR count). The second-order valence-electron chi connectivity index (χ2n) is 3.21. The van der Waals surface area contributed by atoms with Crippen molar-refractivity contribution in [3.8, 4) is 5.75 Å². The first-order chi connectivity index (χ1) is 6.69. The molecule has 0 radical (unpaired) electrons. The largest absolute Gasteiger partial charge is 0.495 e. The molecule has 1 aromatic rings. The minimum atomic E-state index is 0.306. The quantitative estimate of drug-likeness (QED) is 0.742. The second kappa shape index (κ2) is 4.65. The van der Waals surface area contributed by atoms with Crippen LogP contribution in [-0.2, 0) is 4.79 Å². The van der Waals surface area contributed by atoms with Gasteiger partial charge in [-0.1, -0.05) is 6.07 Å². The highest BCUT2D eigenvalue weighted by molar-refractivity contribution is 5.67. The number of anilines is 1. The Kier molecular flexibility index (Phi) is 3.51. The molecule has 1 aromatic carbocycles. The molecule has 0 fully saturated rings. The summed E-state index contributed by atoms with van der Waals surface area (Å²) in [5.41, 5.74) is 3.13. The number of hydrogen-bond donors (Lipinski definition) is 1. The minimum Gasteiger partial charge on any atom is -0.495 e. The van der Waals surface area contributed by atoms with E-state index >= 15 is 0 Å². The Morgan fingerprint density at radius 2 is 2.14 bits per heavy atom. The molecular weight excluding hydrogens is 178 g/mol. The van der Waals surface area contributed by atoms with Crippen molar-refractivity contribution in [3.05, 3.63) is 23.3 Å². The summed E-state index contributed by atoms with van der Waals surface area (Å²) in [6, 6.07) is 4.00. The van der Waals surface area contributed by atoms with Gasteiger partial charge in [0.1, 0.15) is 12.0 Å². The van der Waals surface area contributed by atoms with Gasteiger partial charge in [-0.15, -0.1) is 0 Å². The summed E-state index contributed by atoms with van der Waals surface area (Å²) in [6.45, 7) is 4.31. The summed E-state index contributed by atoms with van der Waals surface area (Å²) in [7, 11) is 1.63. The first-order valence-electron chi connectivity index (χ1n) is 4.51. The summed E-state index contributed by atoms with van der Waals surface area (Å²) in [5.74, 6) is 0.782. The Labute approximate surface area is 84.1 Å². The topological polar surface area (TPSA) is 38.3 Å². The van der Waals surface area contributed by atoms with Crippen LogP contribution in [0, 0.1) is 13.8 Å². The average Bonchev–Trinajstić information content (AvgIpc) is 2.15. The van der Waals surface area contributed by atoms with Gasteiger partial charge in [0, 0.05) is 0 Å². The number of benzene rings is 1. The number of hydrogen-bond acceptors (Lipinski definition) is 3. The van der Waals surface area contributed by atoms with E-state index in [4.69, 9.17) is 4.74 Å². The van der Waals surface area contributed by atoms with Crippen LogP contribution in [0.5, 0.6) is 5.75 Å². The molecule has 0 saturated carbocycles. The maximum atomic E-state index is 10.3. The highest BCUT2D eigenvalue weighted by Gasteiger charge is 2.06. The van der Waals surface area contributed by atoms with Gasteiger partial charge < -0.3 is 14.8 Å². The van der Waals surface area contributed by atoms with Crippen LogP contribution in [0.1, 0.15) is 11.1 Å². The van der Waals surface area contributed by atoms with Crippen molar-refractivity contribution in [1.29, 1.82) is 0 Å². The lowest BCUT2D eigenvalue weighted by atomic mass is 10.1. The molecule has 0 atom stereocenters. The number of rotatable bonds is 4. The van der Waals surface area contributed by atoms with Gasteiger partial charge in [0.05, 0.1) is 19.3 Å². The van der Waals surface area contributed by atoms with Crippen molar-refractivity contribution in [2.75, 3.05) is 19.0 Å². The lowest BCUT2D eigenvalue weighted by molar-refractivity contribution is -0.106. The number of carbonyl (C=O) groups excluding carboxylic acids is 1. The number of ether oxygens (including phenoxy) is 1. The first kappa shape index (κ1) is 10.6. The van der Waals surface area contributed by atoms with Crippen LogP contribution >= 0.6 is 0 Å². The zero-order valence-corrected chi connectivity index (χ0v) is 8.76. The van der Waals surface area contributed by atoms with Gasteiger partial charge in [0.15, 0.2) is 0 Å². The number of methoxy groups -OCH3 is 1. The van der Waals surface area contributed by atoms with Crippen molar-refractivity contribution in [2.24, 2.45) is 0 Å². The van der Waals surface area contributed by atoms with Gasteiger partial charge in [-0.2, -0.15) is 0 Å². The average molecular weight is 193 g/mol. The van der Waals surface area contributed by atoms with Gasteiger partial charge in [0.25, 0.3) is 0 Å². The lowest BCUT2D eigenvalue weighted by Crippen LogP contribution is -2.05. The highest BCUT2D eigenvalue weighted by Crippen LogP contribution is 2.29. The van der Waals surface area contributed by atoms with Crippen LogP contribution < -0.4 is 10.1 Å². The molecular formula is C11H15NO2. The fourth-order valence-electron chi connectivity index (χ4n) is 1.46. The van der Waals surface area contributed by atoms with Crippen molar-refractivity contribution in [3.63, 3.8) is 0 Å². The van der Waals surface area contributed by atoms with E-state index in [0.29, 0.717) is 6.54 Å². The molecule has 14 heavy (non-hydrogen) atoms. The van der Waals surface area contributed by atoms with Gasteiger partial charge in [-0.05, 0) is 31.0 Å². The van der Waals surface area contributed by atoms with Gasteiger partial charge in [-0.3, -0.25) is 0 Å². The highest BCUT2D eigenvalue weighted by atomic mass is 16.5. The van der Waals surface area contributed by atoms with Crippen LogP contribution in [0.15, 0.2) is 12.1 Å². The molecule has 0 unspecified atom stereocenters. The van der Waals surface area contributed by atoms with Gasteiger partial charge in [0.2, 0.25) is 0 Å². The van der Waals surface area contributed by atoms with Crippen LogP contribution in [0.2, 0.25) is 0 Å². The molecule has 3 heteroatoms. The molecule has 0 bridgehead atoms. The van der Waals surface area contributed by atoms with Crippen molar-refractivity contribution < 1.29 is 9.53 Å². The summed E-state index contributed by atoms with van der Waals surface area (Å²) in [4.78, 5) is 10.3. The van der Waals surface area contributed by atoms with Crippen molar-refractivity contribution in [1.82, 2.24) is 0 Å². The Hall–Kier alpha value is -1.51. The second-order valence-corrected chi connectivity index (χ2v) is 3.21. The smallest absolute Gasteiger partial charge is 0.142 e. The van der Waals surface area contributed by atoms with Crippen molar-refractivity contribution in [2.45, 2.75) is 13.8 Å². The van der Waals surface area contributed by atoms with Crippen molar-refractivity contribution >= 4 is 12.0 Å². The van der Waals surface area contributed by atoms with E-state index in [9.17, 15) is 4.79 Å². The molecule has 0 spiro atoms. The number of aryl methyl sites for hydroxylation is 2. The van der Waals surface area contributed by atoms with E-state index in [-0.39, 0.29) is 0 Å². The van der Waals surface area contributed by atoms with E-state index in [1.54, 1.807) is 7.11 Å². The SMILES string of the molecule is COc1cc(C)cc(C)c1NCC=O. The maximum Gasteiger partial charge on any atom is 0.142 e. The monoisotopic (exact) mass is 193 g/mol. The van der Waals surface area contributed by atoms with Crippen LogP contribution in [0.3, 0.4) is 0 Å².